The van der Waals surface area contributed by atoms with Crippen molar-refractivity contribution < 1.29 is 34.2 Å². The zero-order valence-corrected chi connectivity index (χ0v) is 21.0. The predicted molar refractivity (Wildman–Crippen MR) is 127 cm³/mol. The zero-order chi connectivity index (χ0) is 26.3. The van der Waals surface area contributed by atoms with Crippen molar-refractivity contribution in [2.24, 2.45) is 17.8 Å². The van der Waals surface area contributed by atoms with Crippen LogP contribution < -0.4 is 0 Å². The van der Waals surface area contributed by atoms with E-state index >= 15 is 0 Å². The Morgan fingerprint density at radius 1 is 1.11 bits per heavy atom. The van der Waals surface area contributed by atoms with E-state index in [1.807, 2.05) is 0 Å². The molecule has 2 aliphatic carbocycles. The number of rotatable bonds is 4. The number of amides is 4. The van der Waals surface area contributed by atoms with E-state index < -0.39 is 63.0 Å². The Kier molecular flexibility index (Phi) is 5.54. The minimum Gasteiger partial charge on any atom is -0.507 e. The summed E-state index contributed by atoms with van der Waals surface area (Å²) in [6, 6.07) is 4.99. The Balaban J connectivity index is 1.68. The molecule has 0 spiro atoms. The summed E-state index contributed by atoms with van der Waals surface area (Å²) in [5.74, 6) is -7.00. The maximum atomic E-state index is 13.5. The molecular formula is C25H24Cl2N2O7. The number of imide groups is 2. The first kappa shape index (κ1) is 24.8. The number of benzene rings is 1. The van der Waals surface area contributed by atoms with Crippen LogP contribution in [0, 0.1) is 24.7 Å². The zero-order valence-electron chi connectivity index (χ0n) is 19.5. The third-order valence-electron chi connectivity index (χ3n) is 8.23. The highest BCUT2D eigenvalue weighted by Crippen LogP contribution is 2.66. The van der Waals surface area contributed by atoms with Gasteiger partial charge in [-0.1, -0.05) is 29.8 Å². The van der Waals surface area contributed by atoms with Gasteiger partial charge in [0.1, 0.15) is 5.75 Å². The van der Waals surface area contributed by atoms with E-state index in [1.54, 1.807) is 31.2 Å². The first-order chi connectivity index (χ1) is 16.9. The third-order valence-corrected chi connectivity index (χ3v) is 9.65. The van der Waals surface area contributed by atoms with Crippen LogP contribution in [0.5, 0.6) is 5.75 Å². The van der Waals surface area contributed by atoms with E-state index in [1.165, 1.54) is 7.05 Å². The Labute approximate surface area is 216 Å². The fourth-order valence-corrected chi connectivity index (χ4v) is 7.51. The molecule has 4 aliphatic rings. The molecule has 11 heteroatoms. The van der Waals surface area contributed by atoms with Crippen molar-refractivity contribution >= 4 is 52.8 Å². The summed E-state index contributed by atoms with van der Waals surface area (Å²) < 4.78 is 0. The number of nitrogens with zero attached hydrogens (tertiary/aromatic N) is 2. The molecule has 6 atom stereocenters. The number of para-hydroxylation sites is 1. The van der Waals surface area contributed by atoms with Crippen LogP contribution >= 0.6 is 23.2 Å². The Morgan fingerprint density at radius 2 is 1.81 bits per heavy atom. The van der Waals surface area contributed by atoms with Gasteiger partial charge in [-0.05, 0) is 31.2 Å². The number of aliphatic carboxylic acids is 1. The number of aromatic hydroxyl groups is 1. The van der Waals surface area contributed by atoms with E-state index in [0.717, 1.165) is 9.80 Å². The maximum Gasteiger partial charge on any atom is 0.305 e. The summed E-state index contributed by atoms with van der Waals surface area (Å²) in [7, 11) is 1.29. The van der Waals surface area contributed by atoms with Crippen LogP contribution in [0.4, 0.5) is 0 Å². The number of hydrogen-bond donors (Lipinski definition) is 2. The SMILES string of the molecule is Cc1cccc([C@H]2C3=CC[C@@H]4C(=O)N(CCC(=O)O)C(=O)[C@@H]4[C@@H]3C[C@@]3(Cl)C(=O)N(C)C(=O)[C@@]23Cl)c1O. The molecule has 0 unspecified atom stereocenters. The van der Waals surface area contributed by atoms with Gasteiger partial charge in [0.05, 0.1) is 18.3 Å². The number of phenols is 1. The van der Waals surface area contributed by atoms with Crippen LogP contribution in [0.25, 0.3) is 0 Å². The number of allylic oxidation sites excluding steroid dienone is 2. The van der Waals surface area contributed by atoms with Gasteiger partial charge in [0.15, 0.2) is 9.75 Å². The number of likely N-dealkylation sites (tertiary alicyclic amines) is 2. The van der Waals surface area contributed by atoms with Crippen molar-refractivity contribution in [3.8, 4) is 5.75 Å². The number of hydrogen-bond acceptors (Lipinski definition) is 6. The standard InChI is InChI=1S/C25H24Cl2N2O7/c1-11-4-3-5-14(19(11)32)18-12-6-7-13-17(21(34)29(20(13)33)9-8-16(30)31)15(12)10-24(26)22(35)28(2)23(36)25(18,24)27/h3-6,13,15,17-18,32H,7-10H2,1-2H3,(H,30,31)/t13-,15+,17-,18+,24+,25-/m0/s1. The Bertz CT molecular complexity index is 1280. The van der Waals surface area contributed by atoms with E-state index in [0.29, 0.717) is 16.7 Å². The molecule has 1 saturated carbocycles. The van der Waals surface area contributed by atoms with Gasteiger partial charge in [-0.3, -0.25) is 33.8 Å². The molecule has 0 radical (unpaired) electrons. The molecule has 0 bridgehead atoms. The molecule has 4 amide bonds. The number of carboxylic acids is 1. The highest BCUT2D eigenvalue weighted by molar-refractivity contribution is 6.53. The number of halogens is 2. The topological polar surface area (TPSA) is 132 Å². The summed E-state index contributed by atoms with van der Waals surface area (Å²) in [6.45, 7) is 1.43. The van der Waals surface area contributed by atoms with Crippen LogP contribution in [-0.4, -0.2) is 73.0 Å². The number of carboxylic acid groups (broad SMARTS) is 1. The van der Waals surface area contributed by atoms with Crippen molar-refractivity contribution in [1.29, 1.82) is 0 Å². The molecule has 9 nitrogen and oxygen atoms in total. The first-order valence-electron chi connectivity index (χ1n) is 11.6. The van der Waals surface area contributed by atoms with Gasteiger partial charge >= 0.3 is 5.97 Å². The second kappa shape index (κ2) is 8.05. The molecule has 2 heterocycles. The highest BCUT2D eigenvalue weighted by Gasteiger charge is 2.76. The molecule has 190 valence electrons. The predicted octanol–water partition coefficient (Wildman–Crippen LogP) is 2.16. The van der Waals surface area contributed by atoms with Crippen LogP contribution in [-0.2, 0) is 24.0 Å². The summed E-state index contributed by atoms with van der Waals surface area (Å²) >= 11 is 14.1. The van der Waals surface area contributed by atoms with Crippen LogP contribution in [0.1, 0.15) is 36.3 Å². The smallest absolute Gasteiger partial charge is 0.305 e. The second-order valence-electron chi connectivity index (χ2n) is 9.98. The number of carbonyl (C=O) groups is 5. The Morgan fingerprint density at radius 3 is 2.47 bits per heavy atom. The van der Waals surface area contributed by atoms with Gasteiger partial charge in [0.25, 0.3) is 11.8 Å². The van der Waals surface area contributed by atoms with Crippen molar-refractivity contribution in [3.05, 3.63) is 41.0 Å². The molecule has 2 N–H and O–H groups in total. The van der Waals surface area contributed by atoms with Crippen LogP contribution in [0.2, 0.25) is 0 Å². The van der Waals surface area contributed by atoms with Crippen LogP contribution in [0.3, 0.4) is 0 Å². The van der Waals surface area contributed by atoms with Crippen LogP contribution in [0.15, 0.2) is 29.8 Å². The molecule has 3 fully saturated rings. The number of fused-ring (bicyclic) bond motifs is 4. The average molecular weight is 535 g/mol. The molecule has 2 aliphatic heterocycles. The molecule has 1 aromatic carbocycles. The van der Waals surface area contributed by atoms with Gasteiger partial charge in [-0.2, -0.15) is 0 Å². The lowest BCUT2D eigenvalue weighted by Gasteiger charge is -2.50. The van der Waals surface area contributed by atoms with Gasteiger partial charge in [0.2, 0.25) is 11.8 Å². The maximum absolute atomic E-state index is 13.5. The van der Waals surface area contributed by atoms with E-state index in [9.17, 15) is 29.1 Å². The first-order valence-corrected chi connectivity index (χ1v) is 12.4. The third kappa shape index (κ3) is 2.99. The number of carbonyl (C=O) groups excluding carboxylic acids is 4. The fourth-order valence-electron chi connectivity index (χ4n) is 6.50. The number of alkyl halides is 2. The van der Waals surface area contributed by atoms with Gasteiger partial charge in [0, 0.05) is 25.1 Å². The van der Waals surface area contributed by atoms with E-state index in [-0.39, 0.29) is 31.6 Å². The normalized spacial score (nSPS) is 35.5. The number of phenolic OH excluding ortho intramolecular Hbond substituents is 1. The summed E-state index contributed by atoms with van der Waals surface area (Å²) in [4.78, 5) is 62.4. The lowest BCUT2D eigenvalue weighted by Crippen LogP contribution is -2.60. The highest BCUT2D eigenvalue weighted by atomic mass is 35.5. The van der Waals surface area contributed by atoms with Crippen molar-refractivity contribution in [2.75, 3.05) is 13.6 Å². The molecule has 0 aromatic heterocycles. The lowest BCUT2D eigenvalue weighted by atomic mass is 9.56. The summed E-state index contributed by atoms with van der Waals surface area (Å²) in [6.07, 6.45) is 1.40. The number of aryl methyl sites for hydroxylation is 1. The monoisotopic (exact) mass is 534 g/mol. The molecule has 2 saturated heterocycles. The summed E-state index contributed by atoms with van der Waals surface area (Å²) in [5, 5.41) is 20.1. The second-order valence-corrected chi connectivity index (χ2v) is 11.2. The van der Waals surface area contributed by atoms with Gasteiger partial charge in [-0.15, -0.1) is 23.2 Å². The molecule has 5 rings (SSSR count). The minimum atomic E-state index is -1.96. The molecule has 1 aromatic rings. The lowest BCUT2D eigenvalue weighted by molar-refractivity contribution is -0.143. The minimum absolute atomic E-state index is 0.100. The fraction of sp³-hybridized carbons (Fsp3) is 0.480. The molecule has 36 heavy (non-hydrogen) atoms. The van der Waals surface area contributed by atoms with Gasteiger partial charge < -0.3 is 10.2 Å². The van der Waals surface area contributed by atoms with Crippen molar-refractivity contribution in [1.82, 2.24) is 9.80 Å². The Hall–Kier alpha value is -2.91. The van der Waals surface area contributed by atoms with E-state index in [4.69, 9.17) is 28.3 Å². The van der Waals surface area contributed by atoms with Gasteiger partial charge in [-0.25, -0.2) is 0 Å². The largest absolute Gasteiger partial charge is 0.507 e. The average Bonchev–Trinajstić information content (AvgIpc) is 3.14. The summed E-state index contributed by atoms with van der Waals surface area (Å²) in [5.41, 5.74) is 1.41. The van der Waals surface area contributed by atoms with Crippen molar-refractivity contribution in [2.45, 2.75) is 41.9 Å². The van der Waals surface area contributed by atoms with E-state index in [2.05, 4.69) is 0 Å². The quantitative estimate of drug-likeness (QED) is 0.343. The molecular weight excluding hydrogens is 511 g/mol. The van der Waals surface area contributed by atoms with Crippen molar-refractivity contribution in [3.63, 3.8) is 0 Å².